The minimum atomic E-state index is -0.573. The predicted octanol–water partition coefficient (Wildman–Crippen LogP) is 1.45. The van der Waals surface area contributed by atoms with Crippen molar-refractivity contribution in [1.82, 2.24) is 10.1 Å². The average Bonchev–Trinajstić information content (AvgIpc) is 3.03. The van der Waals surface area contributed by atoms with Crippen LogP contribution < -0.4 is 5.73 Å². The molecule has 3 rings (SSSR count). The van der Waals surface area contributed by atoms with Gasteiger partial charge < -0.3 is 15.4 Å². The minimum absolute atomic E-state index is 0.148. The zero-order chi connectivity index (χ0) is 12.5. The van der Waals surface area contributed by atoms with Crippen LogP contribution in [0.3, 0.4) is 0 Å². The van der Waals surface area contributed by atoms with Gasteiger partial charge in [-0.1, -0.05) is 23.4 Å². The van der Waals surface area contributed by atoms with Crippen molar-refractivity contribution in [3.05, 3.63) is 41.5 Å². The molecular weight excluding hydrogens is 250 g/mol. The SMILES string of the molecule is NC(CO)c1noc(C2Cc3ccccc3S2)n1. The van der Waals surface area contributed by atoms with Gasteiger partial charge in [0.25, 0.3) is 0 Å². The first-order valence-corrected chi connectivity index (χ1v) is 6.60. The lowest BCUT2D eigenvalue weighted by Gasteiger charge is -2.01. The van der Waals surface area contributed by atoms with Crippen LogP contribution in [-0.4, -0.2) is 21.9 Å². The largest absolute Gasteiger partial charge is 0.394 e. The summed E-state index contributed by atoms with van der Waals surface area (Å²) in [5.74, 6) is 0.944. The molecule has 0 amide bonds. The van der Waals surface area contributed by atoms with E-state index in [1.54, 1.807) is 11.8 Å². The van der Waals surface area contributed by atoms with Crippen LogP contribution >= 0.6 is 11.8 Å². The van der Waals surface area contributed by atoms with E-state index in [2.05, 4.69) is 22.3 Å². The third kappa shape index (κ3) is 2.03. The number of hydrogen-bond donors (Lipinski definition) is 2. The summed E-state index contributed by atoms with van der Waals surface area (Å²) in [5, 5.41) is 12.9. The van der Waals surface area contributed by atoms with E-state index >= 15 is 0 Å². The number of hydrogen-bond acceptors (Lipinski definition) is 6. The van der Waals surface area contributed by atoms with Crippen LogP contribution in [0.4, 0.5) is 0 Å². The molecule has 2 aromatic rings. The van der Waals surface area contributed by atoms with Gasteiger partial charge in [0.15, 0.2) is 5.82 Å². The number of thioether (sulfide) groups is 1. The Balaban J connectivity index is 1.80. The number of aliphatic hydroxyl groups excluding tert-OH is 1. The Morgan fingerprint density at radius 1 is 1.50 bits per heavy atom. The van der Waals surface area contributed by atoms with Gasteiger partial charge in [-0.2, -0.15) is 4.98 Å². The molecule has 0 spiro atoms. The molecule has 5 nitrogen and oxygen atoms in total. The molecule has 0 radical (unpaired) electrons. The first kappa shape index (κ1) is 11.7. The normalized spacial score (nSPS) is 19.8. The quantitative estimate of drug-likeness (QED) is 0.871. The molecule has 2 heterocycles. The summed E-state index contributed by atoms with van der Waals surface area (Å²) >= 11 is 1.72. The third-order valence-corrected chi connectivity index (χ3v) is 4.21. The number of fused-ring (bicyclic) bond motifs is 1. The Bertz CT molecular complexity index is 533. The van der Waals surface area contributed by atoms with Crippen LogP contribution in [0.15, 0.2) is 33.7 Å². The second-order valence-electron chi connectivity index (χ2n) is 4.20. The molecule has 0 fully saturated rings. The summed E-state index contributed by atoms with van der Waals surface area (Å²) in [6.45, 7) is -0.184. The lowest BCUT2D eigenvalue weighted by Crippen LogP contribution is -2.16. The smallest absolute Gasteiger partial charge is 0.240 e. The van der Waals surface area contributed by atoms with Crippen molar-refractivity contribution in [1.29, 1.82) is 0 Å². The van der Waals surface area contributed by atoms with E-state index in [-0.39, 0.29) is 11.9 Å². The summed E-state index contributed by atoms with van der Waals surface area (Å²) in [4.78, 5) is 5.52. The van der Waals surface area contributed by atoms with Gasteiger partial charge in [0, 0.05) is 4.90 Å². The zero-order valence-corrected chi connectivity index (χ0v) is 10.4. The van der Waals surface area contributed by atoms with Crippen molar-refractivity contribution in [2.24, 2.45) is 5.73 Å². The molecule has 6 heteroatoms. The van der Waals surface area contributed by atoms with Gasteiger partial charge >= 0.3 is 0 Å². The van der Waals surface area contributed by atoms with Crippen LogP contribution in [0.5, 0.6) is 0 Å². The molecule has 0 aliphatic carbocycles. The van der Waals surface area contributed by atoms with E-state index in [4.69, 9.17) is 15.4 Å². The Labute approximate surface area is 108 Å². The zero-order valence-electron chi connectivity index (χ0n) is 9.61. The van der Waals surface area contributed by atoms with E-state index in [0.29, 0.717) is 11.7 Å². The Hall–Kier alpha value is -1.37. The highest BCUT2D eigenvalue weighted by atomic mass is 32.2. The Morgan fingerprint density at radius 2 is 2.33 bits per heavy atom. The molecule has 3 N–H and O–H groups in total. The summed E-state index contributed by atoms with van der Waals surface area (Å²) in [6.07, 6.45) is 0.886. The van der Waals surface area contributed by atoms with Crippen LogP contribution in [0, 0.1) is 0 Å². The molecule has 1 aromatic carbocycles. The van der Waals surface area contributed by atoms with E-state index in [1.165, 1.54) is 10.5 Å². The standard InChI is InChI=1S/C12H13N3O2S/c13-8(6-16)11-14-12(17-15-11)10-5-7-3-1-2-4-9(7)18-10/h1-4,8,10,16H,5-6,13H2. The maximum absolute atomic E-state index is 8.95. The van der Waals surface area contributed by atoms with Crippen molar-refractivity contribution < 1.29 is 9.63 Å². The fraction of sp³-hybridized carbons (Fsp3) is 0.333. The molecule has 0 saturated heterocycles. The molecule has 2 atom stereocenters. The number of nitrogens with two attached hydrogens (primary N) is 1. The maximum Gasteiger partial charge on any atom is 0.240 e. The molecule has 0 saturated carbocycles. The number of nitrogens with zero attached hydrogens (tertiary/aromatic N) is 2. The van der Waals surface area contributed by atoms with E-state index in [1.807, 2.05) is 12.1 Å². The van der Waals surface area contributed by atoms with Gasteiger partial charge in [0.1, 0.15) is 0 Å². The van der Waals surface area contributed by atoms with Crippen molar-refractivity contribution in [3.63, 3.8) is 0 Å². The Morgan fingerprint density at radius 3 is 3.11 bits per heavy atom. The summed E-state index contributed by atoms with van der Waals surface area (Å²) in [6, 6.07) is 7.68. The molecule has 1 aromatic heterocycles. The van der Waals surface area contributed by atoms with E-state index in [0.717, 1.165) is 6.42 Å². The topological polar surface area (TPSA) is 85.2 Å². The molecule has 94 valence electrons. The molecule has 1 aliphatic rings. The maximum atomic E-state index is 8.95. The highest BCUT2D eigenvalue weighted by molar-refractivity contribution is 7.99. The van der Waals surface area contributed by atoms with E-state index in [9.17, 15) is 0 Å². The van der Waals surface area contributed by atoms with Crippen molar-refractivity contribution >= 4 is 11.8 Å². The fourth-order valence-electron chi connectivity index (χ4n) is 1.93. The van der Waals surface area contributed by atoms with Crippen molar-refractivity contribution in [2.45, 2.75) is 22.6 Å². The van der Waals surface area contributed by atoms with Crippen LogP contribution in [0.25, 0.3) is 0 Å². The first-order valence-electron chi connectivity index (χ1n) is 5.72. The van der Waals surface area contributed by atoms with Crippen molar-refractivity contribution in [3.8, 4) is 0 Å². The first-order chi connectivity index (χ1) is 8.78. The average molecular weight is 263 g/mol. The van der Waals surface area contributed by atoms with Crippen LogP contribution in [0.1, 0.15) is 28.6 Å². The lowest BCUT2D eigenvalue weighted by atomic mass is 10.1. The molecule has 1 aliphatic heterocycles. The number of aromatic nitrogens is 2. The monoisotopic (exact) mass is 263 g/mol. The highest BCUT2D eigenvalue weighted by Crippen LogP contribution is 2.45. The van der Waals surface area contributed by atoms with E-state index < -0.39 is 6.04 Å². The third-order valence-electron chi connectivity index (χ3n) is 2.91. The second-order valence-corrected chi connectivity index (χ2v) is 5.44. The predicted molar refractivity (Wildman–Crippen MR) is 67.1 cm³/mol. The van der Waals surface area contributed by atoms with Gasteiger partial charge in [-0.25, -0.2) is 0 Å². The molecule has 18 heavy (non-hydrogen) atoms. The van der Waals surface area contributed by atoms with Crippen LogP contribution in [0.2, 0.25) is 0 Å². The van der Waals surface area contributed by atoms with Gasteiger partial charge in [-0.15, -0.1) is 11.8 Å². The van der Waals surface area contributed by atoms with Gasteiger partial charge in [0.2, 0.25) is 5.89 Å². The minimum Gasteiger partial charge on any atom is -0.394 e. The molecule has 0 bridgehead atoms. The highest BCUT2D eigenvalue weighted by Gasteiger charge is 2.28. The summed E-state index contributed by atoms with van der Waals surface area (Å²) in [5.41, 5.74) is 6.95. The lowest BCUT2D eigenvalue weighted by molar-refractivity contribution is 0.259. The molecule has 2 unspecified atom stereocenters. The van der Waals surface area contributed by atoms with Gasteiger partial charge in [-0.3, -0.25) is 0 Å². The number of rotatable bonds is 3. The summed E-state index contributed by atoms with van der Waals surface area (Å²) < 4.78 is 5.23. The summed E-state index contributed by atoms with van der Waals surface area (Å²) in [7, 11) is 0. The Kier molecular flexibility index (Phi) is 3.07. The van der Waals surface area contributed by atoms with Crippen molar-refractivity contribution in [2.75, 3.05) is 6.61 Å². The van der Waals surface area contributed by atoms with Crippen LogP contribution in [-0.2, 0) is 6.42 Å². The number of aliphatic hydroxyl groups is 1. The second kappa shape index (κ2) is 4.72. The molecular formula is C12H13N3O2S. The fourth-order valence-corrected chi connectivity index (χ4v) is 3.16. The van der Waals surface area contributed by atoms with Gasteiger partial charge in [0.05, 0.1) is 17.9 Å². The number of benzene rings is 1. The van der Waals surface area contributed by atoms with Gasteiger partial charge in [-0.05, 0) is 18.1 Å².